The molecule has 1 aliphatic heterocycles. The summed E-state index contributed by atoms with van der Waals surface area (Å²) in [6, 6.07) is -0.799. The molecule has 1 amide bonds. The molecular formula is C21H30N2O7. The summed E-state index contributed by atoms with van der Waals surface area (Å²) in [7, 11) is 1.26. The lowest BCUT2D eigenvalue weighted by Crippen LogP contribution is -2.45. The quantitative estimate of drug-likeness (QED) is 0.441. The Morgan fingerprint density at radius 3 is 2.37 bits per heavy atom. The van der Waals surface area contributed by atoms with Gasteiger partial charge in [0.05, 0.1) is 18.4 Å². The Morgan fingerprint density at radius 1 is 1.17 bits per heavy atom. The first-order chi connectivity index (χ1) is 13.9. The van der Waals surface area contributed by atoms with Gasteiger partial charge in [0, 0.05) is 12.2 Å². The van der Waals surface area contributed by atoms with E-state index in [9.17, 15) is 19.2 Å². The number of esters is 2. The van der Waals surface area contributed by atoms with E-state index >= 15 is 0 Å². The predicted molar refractivity (Wildman–Crippen MR) is 107 cm³/mol. The van der Waals surface area contributed by atoms with E-state index in [4.69, 9.17) is 14.2 Å². The number of nitrogens with zero attached hydrogens (tertiary/aromatic N) is 1. The number of rotatable bonds is 5. The van der Waals surface area contributed by atoms with Gasteiger partial charge in [-0.2, -0.15) is 0 Å². The fraction of sp³-hybridized carbons (Fsp3) is 0.619. The summed E-state index contributed by atoms with van der Waals surface area (Å²) in [5.41, 5.74) is 0.712. The van der Waals surface area contributed by atoms with Gasteiger partial charge in [-0.15, -0.1) is 0 Å². The maximum atomic E-state index is 12.8. The SMILES string of the molecule is COC(=O)c1c(C)[nH]c(C(=O)[C@H](C)OC(=O)[C@@H]2CCCN2C(=O)OC(C)(C)C)c1C. The Balaban J connectivity index is 2.11. The zero-order valence-electron chi connectivity index (χ0n) is 18.6. The molecule has 9 heteroatoms. The molecule has 0 saturated carbocycles. The number of hydrogen-bond acceptors (Lipinski definition) is 7. The van der Waals surface area contributed by atoms with Crippen LogP contribution in [0.3, 0.4) is 0 Å². The van der Waals surface area contributed by atoms with Gasteiger partial charge in [-0.3, -0.25) is 9.69 Å². The molecule has 2 atom stereocenters. The fourth-order valence-electron chi connectivity index (χ4n) is 3.47. The molecule has 1 aliphatic rings. The highest BCUT2D eigenvalue weighted by atomic mass is 16.6. The molecule has 0 radical (unpaired) electrons. The summed E-state index contributed by atoms with van der Waals surface area (Å²) < 4.78 is 15.5. The minimum absolute atomic E-state index is 0.184. The lowest BCUT2D eigenvalue weighted by Gasteiger charge is -2.28. The van der Waals surface area contributed by atoms with Crippen molar-refractivity contribution in [3.05, 3.63) is 22.5 Å². The number of carbonyl (C=O) groups excluding carboxylic acids is 4. The molecule has 1 fully saturated rings. The molecule has 0 aromatic carbocycles. The van der Waals surface area contributed by atoms with E-state index in [1.54, 1.807) is 34.6 Å². The molecular weight excluding hydrogens is 392 g/mol. The molecule has 166 valence electrons. The Morgan fingerprint density at radius 2 is 1.80 bits per heavy atom. The minimum atomic E-state index is -1.10. The Kier molecular flexibility index (Phi) is 6.95. The third kappa shape index (κ3) is 5.01. The van der Waals surface area contributed by atoms with Crippen molar-refractivity contribution in [1.29, 1.82) is 0 Å². The maximum absolute atomic E-state index is 12.8. The second-order valence-corrected chi connectivity index (χ2v) is 8.39. The minimum Gasteiger partial charge on any atom is -0.465 e. The molecule has 1 aromatic rings. The number of hydrogen-bond donors (Lipinski definition) is 1. The van der Waals surface area contributed by atoms with E-state index in [1.807, 2.05) is 0 Å². The van der Waals surface area contributed by atoms with Gasteiger partial charge < -0.3 is 19.2 Å². The highest BCUT2D eigenvalue weighted by Crippen LogP contribution is 2.24. The molecule has 0 spiro atoms. The highest BCUT2D eigenvalue weighted by Gasteiger charge is 2.39. The Bertz CT molecular complexity index is 850. The largest absolute Gasteiger partial charge is 0.465 e. The molecule has 1 N–H and O–H groups in total. The normalized spacial score (nSPS) is 17.4. The van der Waals surface area contributed by atoms with Crippen LogP contribution in [0.1, 0.15) is 72.6 Å². The van der Waals surface area contributed by atoms with Crippen LogP contribution in [0.2, 0.25) is 0 Å². The summed E-state index contributed by atoms with van der Waals surface area (Å²) in [4.78, 5) is 54.0. The fourth-order valence-corrected chi connectivity index (χ4v) is 3.47. The summed E-state index contributed by atoms with van der Waals surface area (Å²) in [6.07, 6.45) is -0.606. The van der Waals surface area contributed by atoms with E-state index in [2.05, 4.69) is 4.98 Å². The number of methoxy groups -OCH3 is 1. The third-order valence-corrected chi connectivity index (χ3v) is 4.89. The van der Waals surface area contributed by atoms with Crippen molar-refractivity contribution < 1.29 is 33.4 Å². The number of H-pyrrole nitrogens is 1. The van der Waals surface area contributed by atoms with E-state index < -0.39 is 41.6 Å². The smallest absolute Gasteiger partial charge is 0.411 e. The number of aromatic amines is 1. The highest BCUT2D eigenvalue weighted by molar-refractivity contribution is 6.04. The second kappa shape index (κ2) is 8.89. The van der Waals surface area contributed by atoms with E-state index in [0.717, 1.165) is 0 Å². The van der Waals surface area contributed by atoms with Crippen molar-refractivity contribution in [2.24, 2.45) is 0 Å². The van der Waals surface area contributed by atoms with Gasteiger partial charge in [0.15, 0.2) is 6.10 Å². The van der Waals surface area contributed by atoms with Gasteiger partial charge in [-0.25, -0.2) is 14.4 Å². The van der Waals surface area contributed by atoms with Crippen molar-refractivity contribution in [2.45, 2.75) is 72.1 Å². The first kappa shape index (κ1) is 23.4. The topological polar surface area (TPSA) is 115 Å². The predicted octanol–water partition coefficient (Wildman–Crippen LogP) is 2.93. The van der Waals surface area contributed by atoms with Gasteiger partial charge in [0.25, 0.3) is 0 Å². The average Bonchev–Trinajstić information content (AvgIpc) is 3.24. The number of carbonyl (C=O) groups is 4. The van der Waals surface area contributed by atoms with Crippen molar-refractivity contribution in [1.82, 2.24) is 9.88 Å². The number of amides is 1. The molecule has 0 unspecified atom stereocenters. The zero-order chi connectivity index (χ0) is 22.8. The van der Waals surface area contributed by atoms with Crippen molar-refractivity contribution in [3.63, 3.8) is 0 Å². The van der Waals surface area contributed by atoms with Gasteiger partial charge >= 0.3 is 18.0 Å². The molecule has 30 heavy (non-hydrogen) atoms. The molecule has 1 saturated heterocycles. The first-order valence-electron chi connectivity index (χ1n) is 9.89. The van der Waals surface area contributed by atoms with Crippen LogP contribution >= 0.6 is 0 Å². The molecule has 2 rings (SSSR count). The molecule has 9 nitrogen and oxygen atoms in total. The lowest BCUT2D eigenvalue weighted by molar-refractivity contribution is -0.151. The number of nitrogens with one attached hydrogen (secondary N) is 1. The lowest BCUT2D eigenvalue weighted by atomic mass is 10.1. The van der Waals surface area contributed by atoms with Gasteiger partial charge in [-0.1, -0.05) is 0 Å². The summed E-state index contributed by atoms with van der Waals surface area (Å²) in [5, 5.41) is 0. The van der Waals surface area contributed by atoms with Crippen LogP contribution in [-0.4, -0.2) is 65.1 Å². The standard InChI is InChI=1S/C21H30N2O7/c1-11-15(19(26)28-7)12(2)22-16(11)17(24)13(3)29-18(25)14-9-8-10-23(14)20(27)30-21(4,5)6/h13-14,22H,8-10H2,1-7H3/t13-,14-/m0/s1. The number of ketones is 1. The molecule has 2 heterocycles. The molecule has 0 aliphatic carbocycles. The van der Waals surface area contributed by atoms with Crippen LogP contribution in [-0.2, 0) is 19.0 Å². The number of aryl methyl sites for hydroxylation is 1. The van der Waals surface area contributed by atoms with Crippen LogP contribution in [0.25, 0.3) is 0 Å². The maximum Gasteiger partial charge on any atom is 0.411 e. The van der Waals surface area contributed by atoms with Crippen LogP contribution in [0, 0.1) is 13.8 Å². The van der Waals surface area contributed by atoms with Crippen molar-refractivity contribution in [2.75, 3.05) is 13.7 Å². The van der Waals surface area contributed by atoms with E-state index in [0.29, 0.717) is 30.6 Å². The number of aromatic nitrogens is 1. The van der Waals surface area contributed by atoms with Gasteiger partial charge in [-0.05, 0) is 59.9 Å². The van der Waals surface area contributed by atoms with Gasteiger partial charge in [0.2, 0.25) is 5.78 Å². The Labute approximate surface area is 176 Å². The monoisotopic (exact) mass is 422 g/mol. The summed E-state index contributed by atoms with van der Waals surface area (Å²) >= 11 is 0. The molecule has 0 bridgehead atoms. The van der Waals surface area contributed by atoms with E-state index in [-0.39, 0.29) is 11.3 Å². The summed E-state index contributed by atoms with van der Waals surface area (Å²) in [6.45, 7) is 10.4. The number of Topliss-reactive ketones (excluding diaryl/α,β-unsaturated/α-hetero) is 1. The van der Waals surface area contributed by atoms with Gasteiger partial charge in [0.1, 0.15) is 11.6 Å². The van der Waals surface area contributed by atoms with Crippen LogP contribution in [0.15, 0.2) is 0 Å². The number of ether oxygens (including phenoxy) is 3. The Hall–Kier alpha value is -2.84. The van der Waals surface area contributed by atoms with E-state index in [1.165, 1.54) is 18.9 Å². The average molecular weight is 422 g/mol. The van der Waals surface area contributed by atoms with Crippen LogP contribution in [0.4, 0.5) is 4.79 Å². The third-order valence-electron chi connectivity index (χ3n) is 4.89. The summed E-state index contributed by atoms with van der Waals surface area (Å²) in [5.74, 6) is -1.68. The second-order valence-electron chi connectivity index (χ2n) is 8.39. The van der Waals surface area contributed by atoms with Crippen molar-refractivity contribution >= 4 is 23.8 Å². The zero-order valence-corrected chi connectivity index (χ0v) is 18.6. The van der Waals surface area contributed by atoms with Crippen molar-refractivity contribution in [3.8, 4) is 0 Å². The number of likely N-dealkylation sites (tertiary alicyclic amines) is 1. The molecule has 1 aromatic heterocycles. The first-order valence-corrected chi connectivity index (χ1v) is 9.89. The van der Waals surface area contributed by atoms with Crippen LogP contribution < -0.4 is 0 Å². The van der Waals surface area contributed by atoms with Crippen LogP contribution in [0.5, 0.6) is 0 Å².